The van der Waals surface area contributed by atoms with Gasteiger partial charge in [-0.25, -0.2) is 4.98 Å². The van der Waals surface area contributed by atoms with Crippen LogP contribution in [-0.4, -0.2) is 47.7 Å². The molecule has 7 nitrogen and oxygen atoms in total. The molecule has 1 aromatic heterocycles. The summed E-state index contributed by atoms with van der Waals surface area (Å²) in [5, 5.41) is 0.501. The average molecular weight is 500 g/mol. The van der Waals surface area contributed by atoms with Gasteiger partial charge in [0.15, 0.2) is 0 Å². The molecule has 37 heavy (non-hydrogen) atoms. The Bertz CT molecular complexity index is 1430. The monoisotopic (exact) mass is 499 g/mol. The van der Waals surface area contributed by atoms with E-state index in [4.69, 9.17) is 14.5 Å². The number of hydrogen-bond acceptors (Lipinski definition) is 5. The number of rotatable bonds is 10. The zero-order valence-electron chi connectivity index (χ0n) is 21.8. The molecule has 1 unspecified atom stereocenters. The van der Waals surface area contributed by atoms with Crippen LogP contribution >= 0.6 is 0 Å². The highest BCUT2D eigenvalue weighted by molar-refractivity contribution is 5.79. The summed E-state index contributed by atoms with van der Waals surface area (Å²) < 4.78 is 12.5. The van der Waals surface area contributed by atoms with Gasteiger partial charge in [0.05, 0.1) is 36.3 Å². The van der Waals surface area contributed by atoms with E-state index in [1.807, 2.05) is 80.6 Å². The van der Waals surface area contributed by atoms with Gasteiger partial charge in [0.1, 0.15) is 11.6 Å². The molecular weight excluding hydrogens is 466 g/mol. The largest absolute Gasteiger partial charge is 0.495 e. The van der Waals surface area contributed by atoms with Crippen molar-refractivity contribution in [1.29, 1.82) is 0 Å². The second-order valence-corrected chi connectivity index (χ2v) is 9.04. The van der Waals surface area contributed by atoms with Crippen LogP contribution in [-0.2, 0) is 16.0 Å². The second-order valence-electron chi connectivity index (χ2n) is 9.04. The fraction of sp³-hybridized carbons (Fsp3) is 0.300. The molecule has 0 N–H and O–H groups in total. The summed E-state index contributed by atoms with van der Waals surface area (Å²) in [6.45, 7) is 4.61. The SMILES string of the molecule is COCCN(C(=O)CCc1ccccc1)C(C)c1nc2ccccc2c(=O)n1-c1cc(C)ccc1OC. The van der Waals surface area contributed by atoms with E-state index in [-0.39, 0.29) is 11.5 Å². The minimum atomic E-state index is -0.499. The minimum Gasteiger partial charge on any atom is -0.495 e. The molecule has 1 amide bonds. The lowest BCUT2D eigenvalue weighted by Crippen LogP contribution is -2.39. The summed E-state index contributed by atoms with van der Waals surface area (Å²) in [5.41, 5.74) is 3.04. The van der Waals surface area contributed by atoms with Crippen LogP contribution in [0.1, 0.15) is 36.3 Å². The molecule has 0 fully saturated rings. The number of amides is 1. The van der Waals surface area contributed by atoms with Crippen LogP contribution < -0.4 is 10.3 Å². The Morgan fingerprint density at radius 1 is 1.03 bits per heavy atom. The Hall–Kier alpha value is -3.97. The van der Waals surface area contributed by atoms with Gasteiger partial charge in [-0.15, -0.1) is 0 Å². The van der Waals surface area contributed by atoms with Crippen molar-refractivity contribution in [3.8, 4) is 11.4 Å². The Morgan fingerprint density at radius 3 is 2.49 bits per heavy atom. The average Bonchev–Trinajstić information content (AvgIpc) is 2.92. The van der Waals surface area contributed by atoms with Crippen molar-refractivity contribution in [3.05, 3.63) is 100 Å². The molecule has 0 saturated heterocycles. The molecule has 4 rings (SSSR count). The number of hydrogen-bond donors (Lipinski definition) is 0. The highest BCUT2D eigenvalue weighted by atomic mass is 16.5. The van der Waals surface area contributed by atoms with Crippen LogP contribution in [0.5, 0.6) is 5.75 Å². The van der Waals surface area contributed by atoms with E-state index >= 15 is 0 Å². The van der Waals surface area contributed by atoms with Crippen molar-refractivity contribution in [2.45, 2.75) is 32.7 Å². The van der Waals surface area contributed by atoms with Gasteiger partial charge in [-0.2, -0.15) is 0 Å². The van der Waals surface area contributed by atoms with Crippen molar-refractivity contribution in [2.75, 3.05) is 27.4 Å². The number of aromatic nitrogens is 2. The third-order valence-electron chi connectivity index (χ3n) is 6.55. The zero-order valence-corrected chi connectivity index (χ0v) is 21.8. The van der Waals surface area contributed by atoms with Crippen LogP contribution in [0.2, 0.25) is 0 Å². The first-order valence-corrected chi connectivity index (χ1v) is 12.4. The second kappa shape index (κ2) is 11.8. The third-order valence-corrected chi connectivity index (χ3v) is 6.55. The first-order valence-electron chi connectivity index (χ1n) is 12.4. The Balaban J connectivity index is 1.82. The molecule has 192 valence electrons. The summed E-state index contributed by atoms with van der Waals surface area (Å²) in [7, 11) is 3.19. The molecule has 0 aliphatic heterocycles. The van der Waals surface area contributed by atoms with Gasteiger partial charge < -0.3 is 14.4 Å². The maximum atomic E-state index is 13.9. The van der Waals surface area contributed by atoms with Gasteiger partial charge in [-0.3, -0.25) is 14.2 Å². The number of nitrogens with zero attached hydrogens (tertiary/aromatic N) is 3. The van der Waals surface area contributed by atoms with Crippen LogP contribution in [0.15, 0.2) is 77.6 Å². The maximum absolute atomic E-state index is 13.9. The number of carbonyl (C=O) groups is 1. The number of ether oxygens (including phenoxy) is 2. The van der Waals surface area contributed by atoms with E-state index in [0.717, 1.165) is 11.1 Å². The molecule has 0 bridgehead atoms. The van der Waals surface area contributed by atoms with E-state index < -0.39 is 6.04 Å². The first-order chi connectivity index (χ1) is 17.9. The van der Waals surface area contributed by atoms with Gasteiger partial charge in [-0.05, 0) is 55.7 Å². The van der Waals surface area contributed by atoms with Gasteiger partial charge in [0.25, 0.3) is 5.56 Å². The maximum Gasteiger partial charge on any atom is 0.266 e. The lowest BCUT2D eigenvalue weighted by molar-refractivity contribution is -0.134. The number of carbonyl (C=O) groups excluding carboxylic acids is 1. The lowest BCUT2D eigenvalue weighted by atomic mass is 10.1. The number of aryl methyl sites for hydroxylation is 2. The normalized spacial score (nSPS) is 11.9. The summed E-state index contributed by atoms with van der Waals surface area (Å²) >= 11 is 0. The predicted molar refractivity (Wildman–Crippen MR) is 145 cm³/mol. The van der Waals surface area contributed by atoms with Crippen LogP contribution in [0.4, 0.5) is 0 Å². The van der Waals surface area contributed by atoms with Crippen LogP contribution in [0.3, 0.4) is 0 Å². The Labute approximate surface area is 217 Å². The summed E-state index contributed by atoms with van der Waals surface area (Å²) in [5.74, 6) is 0.993. The van der Waals surface area contributed by atoms with E-state index in [1.54, 1.807) is 29.8 Å². The number of fused-ring (bicyclic) bond motifs is 1. The topological polar surface area (TPSA) is 73.7 Å². The highest BCUT2D eigenvalue weighted by Gasteiger charge is 2.27. The van der Waals surface area contributed by atoms with Gasteiger partial charge in [0.2, 0.25) is 5.91 Å². The number of methoxy groups -OCH3 is 2. The zero-order chi connectivity index (χ0) is 26.4. The fourth-order valence-corrected chi connectivity index (χ4v) is 4.54. The molecule has 0 radical (unpaired) electrons. The van der Waals surface area contributed by atoms with Crippen molar-refractivity contribution >= 4 is 16.8 Å². The van der Waals surface area contributed by atoms with E-state index in [9.17, 15) is 9.59 Å². The van der Waals surface area contributed by atoms with E-state index in [2.05, 4.69) is 0 Å². The van der Waals surface area contributed by atoms with Gasteiger partial charge in [-0.1, -0.05) is 48.5 Å². The molecule has 0 saturated carbocycles. The molecule has 7 heteroatoms. The van der Waals surface area contributed by atoms with E-state index in [1.165, 1.54) is 0 Å². The predicted octanol–water partition coefficient (Wildman–Crippen LogP) is 4.87. The van der Waals surface area contributed by atoms with Crippen molar-refractivity contribution in [1.82, 2.24) is 14.5 Å². The Kier molecular flexibility index (Phi) is 8.36. The molecule has 0 aliphatic rings. The summed E-state index contributed by atoms with van der Waals surface area (Å²) in [6.07, 6.45) is 0.961. The lowest BCUT2D eigenvalue weighted by Gasteiger charge is -2.31. The summed E-state index contributed by atoms with van der Waals surface area (Å²) in [6, 6.07) is 22.4. The van der Waals surface area contributed by atoms with E-state index in [0.29, 0.717) is 54.2 Å². The first kappa shape index (κ1) is 26.1. The minimum absolute atomic E-state index is 0.0291. The molecule has 1 heterocycles. The molecule has 1 atom stereocenters. The summed E-state index contributed by atoms with van der Waals surface area (Å²) in [4.78, 5) is 34.1. The van der Waals surface area contributed by atoms with Gasteiger partial charge in [0, 0.05) is 20.1 Å². The quantitative estimate of drug-likeness (QED) is 0.311. The number of para-hydroxylation sites is 1. The third kappa shape index (κ3) is 5.73. The van der Waals surface area contributed by atoms with Crippen LogP contribution in [0, 0.1) is 6.92 Å². The molecule has 3 aromatic carbocycles. The van der Waals surface area contributed by atoms with Crippen molar-refractivity contribution < 1.29 is 14.3 Å². The Morgan fingerprint density at radius 2 is 1.76 bits per heavy atom. The molecular formula is C30H33N3O4. The molecule has 0 aliphatic carbocycles. The van der Waals surface area contributed by atoms with Crippen LogP contribution in [0.25, 0.3) is 16.6 Å². The van der Waals surface area contributed by atoms with Crippen molar-refractivity contribution in [2.24, 2.45) is 0 Å². The molecule has 0 spiro atoms. The fourth-order valence-electron chi connectivity index (χ4n) is 4.54. The van der Waals surface area contributed by atoms with Crippen molar-refractivity contribution in [3.63, 3.8) is 0 Å². The molecule has 4 aromatic rings. The highest BCUT2D eigenvalue weighted by Crippen LogP contribution is 2.29. The standard InChI is InChI=1S/C30H33N3O4/c1-21-14-16-27(37-4)26(20-21)33-29(31-25-13-9-8-12-24(25)30(33)35)22(2)32(18-19-36-3)28(34)17-15-23-10-6-5-7-11-23/h5-14,16,20,22H,15,17-19H2,1-4H3. The number of benzene rings is 3. The smallest absolute Gasteiger partial charge is 0.266 e. The van der Waals surface area contributed by atoms with Gasteiger partial charge >= 0.3 is 0 Å².